The van der Waals surface area contributed by atoms with E-state index in [-0.39, 0.29) is 22.4 Å². The summed E-state index contributed by atoms with van der Waals surface area (Å²) in [4.78, 5) is 26.4. The van der Waals surface area contributed by atoms with Crippen molar-refractivity contribution in [2.45, 2.75) is 13.0 Å². The number of methoxy groups -OCH3 is 1. The monoisotopic (exact) mass is 386 g/mol. The van der Waals surface area contributed by atoms with Crippen molar-refractivity contribution in [3.63, 3.8) is 0 Å². The van der Waals surface area contributed by atoms with Crippen LogP contribution in [0.15, 0.2) is 47.3 Å². The maximum absolute atomic E-state index is 12.6. The molecule has 0 unspecified atom stereocenters. The number of benzene rings is 2. The van der Waals surface area contributed by atoms with E-state index in [2.05, 4.69) is 10.3 Å². The molecule has 7 nitrogen and oxygen atoms in total. The van der Waals surface area contributed by atoms with Crippen molar-refractivity contribution in [2.75, 3.05) is 7.11 Å². The minimum atomic E-state index is -0.331. The van der Waals surface area contributed by atoms with Crippen LogP contribution in [0.4, 0.5) is 0 Å². The van der Waals surface area contributed by atoms with Crippen molar-refractivity contribution in [2.24, 2.45) is 0 Å². The molecule has 0 atom stereocenters. The topological polar surface area (TPSA) is 112 Å². The van der Waals surface area contributed by atoms with E-state index in [1.165, 1.54) is 7.11 Å². The first kappa shape index (κ1) is 18.5. The first-order valence-electron chi connectivity index (χ1n) is 8.10. The maximum atomic E-state index is 12.6. The number of phenolic OH excluding ortho intramolecular Hbond substituents is 1. The molecule has 0 spiro atoms. The van der Waals surface area contributed by atoms with Gasteiger partial charge in [-0.1, -0.05) is 29.5 Å². The average Bonchev–Trinajstić information content (AvgIpc) is 2.98. The van der Waals surface area contributed by atoms with Gasteiger partial charge in [-0.15, -0.1) is 0 Å². The number of aromatic nitrogens is 1. The highest BCUT2D eigenvalue weighted by Crippen LogP contribution is 2.25. The van der Waals surface area contributed by atoms with Gasteiger partial charge in [-0.05, 0) is 35.4 Å². The van der Waals surface area contributed by atoms with Crippen LogP contribution in [-0.4, -0.2) is 28.2 Å². The predicted molar refractivity (Wildman–Crippen MR) is 102 cm³/mol. The number of rotatable bonds is 6. The van der Waals surface area contributed by atoms with Crippen LogP contribution in [0.3, 0.4) is 0 Å². The molecule has 0 aliphatic heterocycles. The lowest BCUT2D eigenvalue weighted by Gasteiger charge is -2.11. The molecule has 3 rings (SSSR count). The molecule has 1 aromatic heterocycles. The van der Waals surface area contributed by atoms with Gasteiger partial charge >= 0.3 is 4.87 Å². The molecule has 0 aliphatic carbocycles. The molecule has 0 bridgehead atoms. The van der Waals surface area contributed by atoms with Crippen molar-refractivity contribution in [1.29, 1.82) is 0 Å². The Hall–Kier alpha value is -3.26. The number of thiazole rings is 1. The van der Waals surface area contributed by atoms with Crippen LogP contribution in [0.2, 0.25) is 0 Å². The van der Waals surface area contributed by atoms with Crippen LogP contribution >= 0.6 is 11.3 Å². The number of nitrogens with one attached hydrogen (secondary N) is 2. The van der Waals surface area contributed by atoms with Gasteiger partial charge in [0.25, 0.3) is 5.91 Å². The van der Waals surface area contributed by atoms with Crippen molar-refractivity contribution in [3.8, 4) is 17.4 Å². The molecule has 4 N–H and O–H groups in total. The van der Waals surface area contributed by atoms with Gasteiger partial charge in [-0.3, -0.25) is 14.6 Å². The number of aromatic amines is 1. The summed E-state index contributed by atoms with van der Waals surface area (Å²) < 4.78 is 5.27. The standard InChI is InChI=1S/C19H18N2O5S/c1-26-15-7-4-12(9-16-18(24)21-19(25)27-16)8-14(15)17(23)20-10-11-2-5-13(22)6-3-11/h2-8,22,24H,9-10H2,1H3,(H,20,23)(H,21,25). The SMILES string of the molecule is COc1ccc(Cc2sc(=O)[nH]c2O)cc1C(=O)NCc1ccc(O)cc1. The van der Waals surface area contributed by atoms with E-state index in [0.29, 0.717) is 29.2 Å². The van der Waals surface area contributed by atoms with Crippen molar-refractivity contribution in [1.82, 2.24) is 10.3 Å². The van der Waals surface area contributed by atoms with E-state index < -0.39 is 0 Å². The minimum absolute atomic E-state index is 0.154. The van der Waals surface area contributed by atoms with E-state index in [1.54, 1.807) is 42.5 Å². The first-order valence-corrected chi connectivity index (χ1v) is 8.92. The van der Waals surface area contributed by atoms with Crippen LogP contribution in [-0.2, 0) is 13.0 Å². The maximum Gasteiger partial charge on any atom is 0.307 e. The summed E-state index contributed by atoms with van der Waals surface area (Å²) in [5.74, 6) is 0.121. The fourth-order valence-electron chi connectivity index (χ4n) is 2.59. The van der Waals surface area contributed by atoms with Gasteiger partial charge in [-0.25, -0.2) is 0 Å². The Labute approximate surface area is 158 Å². The highest BCUT2D eigenvalue weighted by Gasteiger charge is 2.15. The number of phenols is 1. The molecule has 27 heavy (non-hydrogen) atoms. The molecule has 1 heterocycles. The molecule has 0 radical (unpaired) electrons. The minimum Gasteiger partial charge on any atom is -0.508 e. The lowest BCUT2D eigenvalue weighted by Crippen LogP contribution is -2.23. The summed E-state index contributed by atoms with van der Waals surface area (Å²) in [6.07, 6.45) is 0.317. The molecule has 3 aromatic rings. The molecule has 8 heteroatoms. The zero-order chi connectivity index (χ0) is 19.4. The van der Waals surface area contributed by atoms with Gasteiger partial charge in [0.1, 0.15) is 11.5 Å². The summed E-state index contributed by atoms with van der Waals surface area (Å²) in [5, 5.41) is 21.9. The molecule has 140 valence electrons. The van der Waals surface area contributed by atoms with Gasteiger partial charge in [0.2, 0.25) is 5.88 Å². The Morgan fingerprint density at radius 2 is 1.85 bits per heavy atom. The van der Waals surface area contributed by atoms with Crippen LogP contribution in [0, 0.1) is 0 Å². The van der Waals surface area contributed by atoms with Gasteiger partial charge in [0.15, 0.2) is 0 Å². The number of carbonyl (C=O) groups excluding carboxylic acids is 1. The second kappa shape index (κ2) is 7.96. The zero-order valence-electron chi connectivity index (χ0n) is 14.5. The van der Waals surface area contributed by atoms with Gasteiger partial charge in [0.05, 0.1) is 17.6 Å². The van der Waals surface area contributed by atoms with E-state index in [9.17, 15) is 19.8 Å². The zero-order valence-corrected chi connectivity index (χ0v) is 15.3. The number of aromatic hydroxyl groups is 2. The third-order valence-electron chi connectivity index (χ3n) is 3.96. The van der Waals surface area contributed by atoms with Crippen molar-refractivity contribution >= 4 is 17.2 Å². The van der Waals surface area contributed by atoms with Crippen molar-refractivity contribution < 1.29 is 19.7 Å². The van der Waals surface area contributed by atoms with Crippen LogP contribution in [0.5, 0.6) is 17.4 Å². The number of ether oxygens (including phenoxy) is 1. The Balaban J connectivity index is 1.78. The second-order valence-electron chi connectivity index (χ2n) is 5.85. The van der Waals surface area contributed by atoms with Crippen LogP contribution < -0.4 is 14.9 Å². The number of H-pyrrole nitrogens is 1. The summed E-state index contributed by atoms with van der Waals surface area (Å²) in [6, 6.07) is 11.7. The molecule has 2 aromatic carbocycles. The third kappa shape index (κ3) is 4.48. The molecule has 0 saturated carbocycles. The normalized spacial score (nSPS) is 10.6. The molecule has 0 saturated heterocycles. The Morgan fingerprint density at radius 1 is 1.15 bits per heavy atom. The largest absolute Gasteiger partial charge is 0.508 e. The third-order valence-corrected chi connectivity index (χ3v) is 4.83. The summed E-state index contributed by atoms with van der Waals surface area (Å²) >= 11 is 0.929. The Kier molecular flexibility index (Phi) is 5.46. The quantitative estimate of drug-likeness (QED) is 0.520. The summed E-state index contributed by atoms with van der Waals surface area (Å²) in [5.41, 5.74) is 1.96. The van der Waals surface area contributed by atoms with Gasteiger partial charge in [0, 0.05) is 13.0 Å². The summed E-state index contributed by atoms with van der Waals surface area (Å²) in [7, 11) is 1.48. The average molecular weight is 386 g/mol. The smallest absolute Gasteiger partial charge is 0.307 e. The summed E-state index contributed by atoms with van der Waals surface area (Å²) in [6.45, 7) is 0.298. The lowest BCUT2D eigenvalue weighted by atomic mass is 10.1. The highest BCUT2D eigenvalue weighted by molar-refractivity contribution is 7.09. The van der Waals surface area contributed by atoms with E-state index in [0.717, 1.165) is 22.5 Å². The van der Waals surface area contributed by atoms with E-state index in [1.807, 2.05) is 0 Å². The first-order chi connectivity index (χ1) is 13.0. The van der Waals surface area contributed by atoms with Crippen molar-refractivity contribution in [3.05, 3.63) is 73.7 Å². The molecule has 1 amide bonds. The number of hydrogen-bond donors (Lipinski definition) is 4. The van der Waals surface area contributed by atoms with E-state index in [4.69, 9.17) is 4.74 Å². The molecular formula is C19H18N2O5S. The number of carbonyl (C=O) groups is 1. The highest BCUT2D eigenvalue weighted by atomic mass is 32.1. The molecule has 0 aliphatic rings. The van der Waals surface area contributed by atoms with Crippen LogP contribution in [0.1, 0.15) is 26.4 Å². The predicted octanol–water partition coefficient (Wildman–Crippen LogP) is 2.38. The Morgan fingerprint density at radius 3 is 2.48 bits per heavy atom. The van der Waals surface area contributed by atoms with E-state index >= 15 is 0 Å². The number of hydrogen-bond acceptors (Lipinski definition) is 6. The second-order valence-corrected chi connectivity index (χ2v) is 6.91. The number of amides is 1. The van der Waals surface area contributed by atoms with Crippen LogP contribution in [0.25, 0.3) is 0 Å². The Bertz CT molecular complexity index is 1010. The fourth-order valence-corrected chi connectivity index (χ4v) is 3.35. The van der Waals surface area contributed by atoms with Gasteiger partial charge in [-0.2, -0.15) is 0 Å². The lowest BCUT2D eigenvalue weighted by molar-refractivity contribution is 0.0948. The molecular weight excluding hydrogens is 368 g/mol. The molecule has 0 fully saturated rings. The fraction of sp³-hybridized carbons (Fsp3) is 0.158. The van der Waals surface area contributed by atoms with Gasteiger partial charge < -0.3 is 20.3 Å².